The van der Waals surface area contributed by atoms with Crippen molar-refractivity contribution in [1.29, 1.82) is 0 Å². The van der Waals surface area contributed by atoms with Gasteiger partial charge < -0.3 is 26.0 Å². The fourth-order valence-electron chi connectivity index (χ4n) is 2.43. The molecular formula is C16H24N4O3. The van der Waals surface area contributed by atoms with Crippen LogP contribution in [0.2, 0.25) is 0 Å². The van der Waals surface area contributed by atoms with E-state index in [-0.39, 0.29) is 6.09 Å². The first-order valence-corrected chi connectivity index (χ1v) is 7.59. The number of rotatable bonds is 2. The van der Waals surface area contributed by atoms with Crippen LogP contribution >= 0.6 is 0 Å². The molecule has 7 nitrogen and oxygen atoms in total. The largest absolute Gasteiger partial charge is 0.444 e. The van der Waals surface area contributed by atoms with Crippen molar-refractivity contribution in [1.82, 2.24) is 4.90 Å². The number of anilines is 2. The van der Waals surface area contributed by atoms with E-state index in [2.05, 4.69) is 4.90 Å². The third-order valence-corrected chi connectivity index (χ3v) is 3.60. The van der Waals surface area contributed by atoms with Gasteiger partial charge in [-0.05, 0) is 39.0 Å². The molecule has 2 amide bonds. The number of nitrogens with zero attached hydrogens (tertiary/aromatic N) is 2. The van der Waals surface area contributed by atoms with E-state index in [1.54, 1.807) is 17.0 Å². The van der Waals surface area contributed by atoms with Gasteiger partial charge in [0.2, 0.25) is 0 Å². The standard InChI is InChI=1S/C16H24N4O3/c1-16(2,3)23-15(22)20-8-6-19(7-9-20)11-4-5-13(17)12(10-11)14(18)21/h4-5,10H,6-9,17H2,1-3H3,(H2,18,21). The van der Waals surface area contributed by atoms with E-state index in [4.69, 9.17) is 16.2 Å². The van der Waals surface area contributed by atoms with Crippen molar-refractivity contribution in [3.8, 4) is 0 Å². The van der Waals surface area contributed by atoms with Crippen LogP contribution in [-0.2, 0) is 4.74 Å². The second-order valence-corrected chi connectivity index (χ2v) is 6.59. The Hall–Kier alpha value is -2.44. The van der Waals surface area contributed by atoms with Gasteiger partial charge >= 0.3 is 6.09 Å². The van der Waals surface area contributed by atoms with E-state index in [0.29, 0.717) is 37.4 Å². The number of nitrogen functional groups attached to an aromatic ring is 1. The third kappa shape index (κ3) is 4.28. The SMILES string of the molecule is CC(C)(C)OC(=O)N1CCN(c2ccc(N)c(C(N)=O)c2)CC1. The number of benzene rings is 1. The summed E-state index contributed by atoms with van der Waals surface area (Å²) in [6.07, 6.45) is -0.299. The summed E-state index contributed by atoms with van der Waals surface area (Å²) in [5.41, 5.74) is 12.1. The summed E-state index contributed by atoms with van der Waals surface area (Å²) in [6.45, 7) is 7.97. The van der Waals surface area contributed by atoms with Gasteiger partial charge in [-0.3, -0.25) is 4.79 Å². The lowest BCUT2D eigenvalue weighted by molar-refractivity contribution is 0.0240. The maximum atomic E-state index is 12.1. The molecule has 1 aliphatic heterocycles. The highest BCUT2D eigenvalue weighted by Gasteiger charge is 2.26. The molecule has 1 aromatic carbocycles. The molecule has 1 fully saturated rings. The van der Waals surface area contributed by atoms with Crippen molar-refractivity contribution in [2.24, 2.45) is 5.73 Å². The lowest BCUT2D eigenvalue weighted by Gasteiger charge is -2.36. The van der Waals surface area contributed by atoms with Crippen molar-refractivity contribution in [3.63, 3.8) is 0 Å². The summed E-state index contributed by atoms with van der Waals surface area (Å²) in [7, 11) is 0. The summed E-state index contributed by atoms with van der Waals surface area (Å²) >= 11 is 0. The van der Waals surface area contributed by atoms with Crippen LogP contribution in [0.25, 0.3) is 0 Å². The molecule has 0 unspecified atom stereocenters. The maximum absolute atomic E-state index is 12.1. The summed E-state index contributed by atoms with van der Waals surface area (Å²) in [4.78, 5) is 27.2. The van der Waals surface area contributed by atoms with Crippen molar-refractivity contribution in [2.45, 2.75) is 26.4 Å². The maximum Gasteiger partial charge on any atom is 0.410 e. The molecule has 0 atom stereocenters. The number of piperazine rings is 1. The number of primary amides is 1. The smallest absolute Gasteiger partial charge is 0.410 e. The minimum absolute atomic E-state index is 0.299. The summed E-state index contributed by atoms with van der Waals surface area (Å²) < 4.78 is 5.38. The Balaban J connectivity index is 2.01. The molecule has 23 heavy (non-hydrogen) atoms. The molecule has 1 heterocycles. The Morgan fingerprint density at radius 1 is 1.13 bits per heavy atom. The van der Waals surface area contributed by atoms with Gasteiger partial charge in [-0.25, -0.2) is 4.79 Å². The zero-order chi connectivity index (χ0) is 17.2. The van der Waals surface area contributed by atoms with Crippen LogP contribution in [0.4, 0.5) is 16.2 Å². The van der Waals surface area contributed by atoms with Gasteiger partial charge in [0.25, 0.3) is 5.91 Å². The summed E-state index contributed by atoms with van der Waals surface area (Å²) in [5, 5.41) is 0. The Morgan fingerprint density at radius 3 is 2.26 bits per heavy atom. The molecule has 2 rings (SSSR count). The van der Waals surface area contributed by atoms with Gasteiger partial charge in [-0.2, -0.15) is 0 Å². The lowest BCUT2D eigenvalue weighted by Crippen LogP contribution is -2.50. The first-order chi connectivity index (χ1) is 10.7. The summed E-state index contributed by atoms with van der Waals surface area (Å²) in [5.74, 6) is -0.545. The molecule has 126 valence electrons. The number of nitrogens with two attached hydrogens (primary N) is 2. The van der Waals surface area contributed by atoms with Crippen molar-refractivity contribution < 1.29 is 14.3 Å². The molecule has 0 aromatic heterocycles. The zero-order valence-electron chi connectivity index (χ0n) is 13.8. The van der Waals surface area contributed by atoms with Crippen LogP contribution in [-0.4, -0.2) is 48.7 Å². The van der Waals surface area contributed by atoms with Crippen LogP contribution in [0.3, 0.4) is 0 Å². The molecule has 1 aliphatic rings. The molecule has 0 aliphatic carbocycles. The Labute approximate surface area is 136 Å². The Morgan fingerprint density at radius 2 is 1.74 bits per heavy atom. The molecular weight excluding hydrogens is 296 g/mol. The van der Waals surface area contributed by atoms with Gasteiger partial charge in [0.05, 0.1) is 5.56 Å². The summed E-state index contributed by atoms with van der Waals surface area (Å²) in [6, 6.07) is 5.22. The molecule has 0 bridgehead atoms. The van der Waals surface area contributed by atoms with Crippen molar-refractivity contribution in [3.05, 3.63) is 23.8 Å². The number of ether oxygens (including phenoxy) is 1. The molecule has 0 radical (unpaired) electrons. The number of carbonyl (C=O) groups excluding carboxylic acids is 2. The fraction of sp³-hybridized carbons (Fsp3) is 0.500. The third-order valence-electron chi connectivity index (χ3n) is 3.60. The number of hydrogen-bond acceptors (Lipinski definition) is 5. The second kappa shape index (κ2) is 6.36. The molecule has 4 N–H and O–H groups in total. The number of amides is 2. The minimum atomic E-state index is -0.545. The van der Waals surface area contributed by atoms with E-state index < -0.39 is 11.5 Å². The normalized spacial score (nSPS) is 15.4. The van der Waals surface area contributed by atoms with Crippen molar-refractivity contribution >= 4 is 23.4 Å². The van der Waals surface area contributed by atoms with Gasteiger partial charge in [-0.15, -0.1) is 0 Å². The highest BCUT2D eigenvalue weighted by atomic mass is 16.6. The highest BCUT2D eigenvalue weighted by molar-refractivity contribution is 5.99. The van der Waals surface area contributed by atoms with Crippen LogP contribution in [0, 0.1) is 0 Å². The first kappa shape index (κ1) is 16.9. The highest BCUT2D eigenvalue weighted by Crippen LogP contribution is 2.22. The number of carbonyl (C=O) groups is 2. The average Bonchev–Trinajstić information content (AvgIpc) is 2.46. The van der Waals surface area contributed by atoms with Crippen LogP contribution in [0.5, 0.6) is 0 Å². The quantitative estimate of drug-likeness (QED) is 0.803. The molecule has 1 saturated heterocycles. The van der Waals surface area contributed by atoms with E-state index in [0.717, 1.165) is 5.69 Å². The van der Waals surface area contributed by atoms with E-state index >= 15 is 0 Å². The second-order valence-electron chi connectivity index (χ2n) is 6.59. The average molecular weight is 320 g/mol. The zero-order valence-corrected chi connectivity index (χ0v) is 13.8. The fourth-order valence-corrected chi connectivity index (χ4v) is 2.43. The van der Waals surface area contributed by atoms with E-state index in [1.165, 1.54) is 0 Å². The van der Waals surface area contributed by atoms with E-state index in [9.17, 15) is 9.59 Å². The van der Waals surface area contributed by atoms with Gasteiger partial charge in [0.15, 0.2) is 0 Å². The Bertz CT molecular complexity index is 602. The van der Waals surface area contributed by atoms with Gasteiger partial charge in [0, 0.05) is 37.6 Å². The Kier molecular flexibility index (Phi) is 4.68. The van der Waals surface area contributed by atoms with Crippen LogP contribution in [0.1, 0.15) is 31.1 Å². The predicted molar refractivity (Wildman–Crippen MR) is 89.4 cm³/mol. The molecule has 0 saturated carbocycles. The molecule has 7 heteroatoms. The van der Waals surface area contributed by atoms with Crippen molar-refractivity contribution in [2.75, 3.05) is 36.8 Å². The molecule has 0 spiro atoms. The minimum Gasteiger partial charge on any atom is -0.444 e. The first-order valence-electron chi connectivity index (χ1n) is 7.59. The number of hydrogen-bond donors (Lipinski definition) is 2. The van der Waals surface area contributed by atoms with Crippen LogP contribution < -0.4 is 16.4 Å². The molecule has 1 aromatic rings. The predicted octanol–water partition coefficient (Wildman–Crippen LogP) is 1.42. The lowest BCUT2D eigenvalue weighted by atomic mass is 10.1. The van der Waals surface area contributed by atoms with Crippen LogP contribution in [0.15, 0.2) is 18.2 Å². The topological polar surface area (TPSA) is 102 Å². The van der Waals surface area contributed by atoms with Gasteiger partial charge in [-0.1, -0.05) is 0 Å². The monoisotopic (exact) mass is 320 g/mol. The van der Waals surface area contributed by atoms with E-state index in [1.807, 2.05) is 26.8 Å². The van der Waals surface area contributed by atoms with Gasteiger partial charge in [0.1, 0.15) is 5.60 Å².